The Labute approximate surface area is 150 Å². The molecule has 0 amide bonds. The minimum absolute atomic E-state index is 0.162. The monoisotopic (exact) mass is 353 g/mol. The molecule has 1 saturated heterocycles. The SMILES string of the molecule is Cc1cc(N2C(=S)N[C@H](c3ccccn3)[C@H]2c2ccco2)ccc1F. The maximum absolute atomic E-state index is 13.7. The number of furan rings is 1. The number of hydrogen-bond donors (Lipinski definition) is 1. The van der Waals surface area contributed by atoms with Gasteiger partial charge in [0.2, 0.25) is 0 Å². The molecule has 2 atom stereocenters. The smallest absolute Gasteiger partial charge is 0.174 e. The van der Waals surface area contributed by atoms with Crippen LogP contribution in [-0.2, 0) is 0 Å². The van der Waals surface area contributed by atoms with Crippen molar-refractivity contribution in [1.29, 1.82) is 0 Å². The first kappa shape index (κ1) is 15.8. The summed E-state index contributed by atoms with van der Waals surface area (Å²) in [5.41, 5.74) is 2.25. The molecular weight excluding hydrogens is 337 g/mol. The van der Waals surface area contributed by atoms with Crippen molar-refractivity contribution in [2.75, 3.05) is 4.90 Å². The second-order valence-electron chi connectivity index (χ2n) is 5.95. The number of rotatable bonds is 3. The Morgan fingerprint density at radius 1 is 1.20 bits per heavy atom. The topological polar surface area (TPSA) is 41.3 Å². The lowest BCUT2D eigenvalue weighted by Crippen LogP contribution is -2.29. The molecule has 4 nitrogen and oxygen atoms in total. The highest BCUT2D eigenvalue weighted by atomic mass is 32.1. The summed E-state index contributed by atoms with van der Waals surface area (Å²) in [5.74, 6) is 0.530. The van der Waals surface area contributed by atoms with Crippen LogP contribution in [0.15, 0.2) is 65.4 Å². The van der Waals surface area contributed by atoms with Crippen LogP contribution < -0.4 is 10.2 Å². The summed E-state index contributed by atoms with van der Waals surface area (Å²) in [6.45, 7) is 1.74. The molecule has 0 unspecified atom stereocenters. The van der Waals surface area contributed by atoms with Gasteiger partial charge in [-0.2, -0.15) is 0 Å². The molecule has 1 aliphatic heterocycles. The summed E-state index contributed by atoms with van der Waals surface area (Å²) < 4.78 is 19.4. The highest BCUT2D eigenvalue weighted by Crippen LogP contribution is 2.41. The number of nitrogens with one attached hydrogen (secondary N) is 1. The summed E-state index contributed by atoms with van der Waals surface area (Å²) in [6, 6.07) is 14.1. The highest BCUT2D eigenvalue weighted by Gasteiger charge is 2.42. The molecule has 6 heteroatoms. The van der Waals surface area contributed by atoms with E-state index < -0.39 is 0 Å². The molecule has 1 aromatic carbocycles. The maximum atomic E-state index is 13.7. The molecule has 126 valence electrons. The fraction of sp³-hybridized carbons (Fsp3) is 0.158. The van der Waals surface area contributed by atoms with Crippen LogP contribution in [0, 0.1) is 12.7 Å². The largest absolute Gasteiger partial charge is 0.467 e. The lowest BCUT2D eigenvalue weighted by atomic mass is 10.0. The van der Waals surface area contributed by atoms with Crippen LogP contribution in [0.4, 0.5) is 10.1 Å². The Bertz CT molecular complexity index is 898. The van der Waals surface area contributed by atoms with E-state index in [-0.39, 0.29) is 17.9 Å². The van der Waals surface area contributed by atoms with Gasteiger partial charge < -0.3 is 14.6 Å². The van der Waals surface area contributed by atoms with Gasteiger partial charge in [-0.05, 0) is 67.2 Å². The zero-order valence-corrected chi connectivity index (χ0v) is 14.3. The number of thiocarbonyl (C=S) groups is 1. The molecule has 1 aliphatic rings. The standard InChI is InChI=1S/C19H16FN3OS/c1-12-11-13(7-8-14(12)20)23-18(16-6-4-10-24-16)17(22-19(23)25)15-5-2-3-9-21-15/h2-11,17-18H,1H3,(H,22,25)/t17-,18-/m1/s1. The van der Waals surface area contributed by atoms with E-state index in [0.717, 1.165) is 17.1 Å². The van der Waals surface area contributed by atoms with Gasteiger partial charge in [0.15, 0.2) is 5.11 Å². The zero-order valence-electron chi connectivity index (χ0n) is 13.5. The van der Waals surface area contributed by atoms with Gasteiger partial charge in [-0.15, -0.1) is 0 Å². The first-order valence-electron chi connectivity index (χ1n) is 7.95. The number of pyridine rings is 1. The first-order chi connectivity index (χ1) is 12.1. The molecule has 25 heavy (non-hydrogen) atoms. The van der Waals surface area contributed by atoms with Crippen LogP contribution in [0.1, 0.15) is 29.1 Å². The summed E-state index contributed by atoms with van der Waals surface area (Å²) in [7, 11) is 0. The Balaban J connectivity index is 1.82. The van der Waals surface area contributed by atoms with Gasteiger partial charge in [-0.25, -0.2) is 4.39 Å². The van der Waals surface area contributed by atoms with E-state index in [1.54, 1.807) is 31.5 Å². The molecule has 0 spiro atoms. The second kappa shape index (κ2) is 6.29. The van der Waals surface area contributed by atoms with Crippen LogP contribution in [0.5, 0.6) is 0 Å². The number of aryl methyl sites for hydroxylation is 1. The lowest BCUT2D eigenvalue weighted by molar-refractivity contribution is 0.432. The summed E-state index contributed by atoms with van der Waals surface area (Å²) in [6.07, 6.45) is 3.39. The average molecular weight is 353 g/mol. The number of benzene rings is 1. The summed E-state index contributed by atoms with van der Waals surface area (Å²) >= 11 is 5.58. The number of halogens is 1. The zero-order chi connectivity index (χ0) is 17.4. The fourth-order valence-electron chi connectivity index (χ4n) is 3.16. The van der Waals surface area contributed by atoms with Gasteiger partial charge in [0.1, 0.15) is 17.6 Å². The molecule has 3 heterocycles. The van der Waals surface area contributed by atoms with Gasteiger partial charge in [0.05, 0.1) is 18.0 Å². The van der Waals surface area contributed by atoms with Gasteiger partial charge >= 0.3 is 0 Å². The Hall–Kier alpha value is -2.73. The van der Waals surface area contributed by atoms with E-state index in [4.69, 9.17) is 16.6 Å². The average Bonchev–Trinajstić information content (AvgIpc) is 3.25. The van der Waals surface area contributed by atoms with Crippen LogP contribution in [-0.4, -0.2) is 10.1 Å². The molecule has 0 radical (unpaired) electrons. The van der Waals surface area contributed by atoms with E-state index in [9.17, 15) is 4.39 Å². The van der Waals surface area contributed by atoms with E-state index in [1.807, 2.05) is 35.2 Å². The Kier molecular flexibility index (Phi) is 3.97. The quantitative estimate of drug-likeness (QED) is 0.711. The van der Waals surface area contributed by atoms with Crippen molar-refractivity contribution in [3.63, 3.8) is 0 Å². The van der Waals surface area contributed by atoms with Gasteiger partial charge in [-0.1, -0.05) is 6.07 Å². The van der Waals surface area contributed by atoms with Crippen molar-refractivity contribution in [1.82, 2.24) is 10.3 Å². The number of hydrogen-bond acceptors (Lipinski definition) is 3. The maximum Gasteiger partial charge on any atom is 0.174 e. The molecular formula is C19H16FN3OS. The molecule has 0 aliphatic carbocycles. The second-order valence-corrected chi connectivity index (χ2v) is 6.33. The van der Waals surface area contributed by atoms with Crippen LogP contribution in [0.2, 0.25) is 0 Å². The van der Waals surface area contributed by atoms with Gasteiger partial charge in [-0.3, -0.25) is 4.98 Å². The normalized spacial score (nSPS) is 19.9. The third kappa shape index (κ3) is 2.78. The lowest BCUT2D eigenvalue weighted by Gasteiger charge is -2.26. The molecule has 1 N–H and O–H groups in total. The number of aromatic nitrogens is 1. The van der Waals surface area contributed by atoms with Crippen molar-refractivity contribution in [2.45, 2.75) is 19.0 Å². The van der Waals surface area contributed by atoms with Crippen molar-refractivity contribution in [2.24, 2.45) is 0 Å². The Morgan fingerprint density at radius 3 is 2.76 bits per heavy atom. The van der Waals surface area contributed by atoms with E-state index in [2.05, 4.69) is 10.3 Å². The van der Waals surface area contributed by atoms with E-state index in [0.29, 0.717) is 10.7 Å². The molecule has 4 rings (SSSR count). The summed E-state index contributed by atoms with van der Waals surface area (Å²) in [5, 5.41) is 3.89. The van der Waals surface area contributed by atoms with Crippen molar-refractivity contribution < 1.29 is 8.81 Å². The van der Waals surface area contributed by atoms with E-state index >= 15 is 0 Å². The summed E-state index contributed by atoms with van der Waals surface area (Å²) in [4.78, 5) is 6.42. The number of nitrogens with zero attached hydrogens (tertiary/aromatic N) is 2. The molecule has 1 fully saturated rings. The number of anilines is 1. The minimum atomic E-state index is -0.238. The van der Waals surface area contributed by atoms with E-state index in [1.165, 1.54) is 6.07 Å². The minimum Gasteiger partial charge on any atom is -0.467 e. The predicted octanol–water partition coefficient (Wildman–Crippen LogP) is 4.30. The third-order valence-electron chi connectivity index (χ3n) is 4.35. The highest BCUT2D eigenvalue weighted by molar-refractivity contribution is 7.80. The van der Waals surface area contributed by atoms with Crippen LogP contribution >= 0.6 is 12.2 Å². The van der Waals surface area contributed by atoms with Crippen molar-refractivity contribution >= 4 is 23.0 Å². The van der Waals surface area contributed by atoms with Gasteiger partial charge in [0.25, 0.3) is 0 Å². The molecule has 2 aromatic heterocycles. The fourth-order valence-corrected chi connectivity index (χ4v) is 3.51. The van der Waals surface area contributed by atoms with Crippen molar-refractivity contribution in [3.05, 3.63) is 83.8 Å². The third-order valence-corrected chi connectivity index (χ3v) is 4.67. The molecule has 3 aromatic rings. The van der Waals surface area contributed by atoms with Crippen LogP contribution in [0.25, 0.3) is 0 Å². The molecule has 0 bridgehead atoms. The first-order valence-corrected chi connectivity index (χ1v) is 8.36. The van der Waals surface area contributed by atoms with Gasteiger partial charge in [0, 0.05) is 11.9 Å². The Morgan fingerprint density at radius 2 is 2.08 bits per heavy atom. The molecule has 0 saturated carbocycles. The van der Waals surface area contributed by atoms with Crippen LogP contribution in [0.3, 0.4) is 0 Å². The van der Waals surface area contributed by atoms with Crippen molar-refractivity contribution in [3.8, 4) is 0 Å². The predicted molar refractivity (Wildman–Crippen MR) is 97.8 cm³/mol.